The quantitative estimate of drug-likeness (QED) is 0.418. The fourth-order valence-electron chi connectivity index (χ4n) is 4.53. The van der Waals surface area contributed by atoms with E-state index >= 15 is 0 Å². The molecule has 5 heteroatoms. The lowest BCUT2D eigenvalue weighted by Crippen LogP contribution is -2.35. The Bertz CT molecular complexity index is 1220. The van der Waals surface area contributed by atoms with Gasteiger partial charge in [0.15, 0.2) is 0 Å². The Balaban J connectivity index is 1.28. The maximum absolute atomic E-state index is 13.1. The van der Waals surface area contributed by atoms with Crippen molar-refractivity contribution in [1.29, 1.82) is 0 Å². The highest BCUT2D eigenvalue weighted by Gasteiger charge is 2.23. The summed E-state index contributed by atoms with van der Waals surface area (Å²) in [4.78, 5) is 4.35. The van der Waals surface area contributed by atoms with Crippen LogP contribution in [0.5, 0.6) is 0 Å². The van der Waals surface area contributed by atoms with Crippen molar-refractivity contribution < 1.29 is 8.60 Å². The van der Waals surface area contributed by atoms with Crippen molar-refractivity contribution in [2.24, 2.45) is 0 Å². The molecule has 0 saturated heterocycles. The van der Waals surface area contributed by atoms with Crippen LogP contribution < -0.4 is 5.32 Å². The summed E-state index contributed by atoms with van der Waals surface area (Å²) in [5, 5.41) is 5.00. The highest BCUT2D eigenvalue weighted by atomic mass is 32.2. The zero-order valence-corrected chi connectivity index (χ0v) is 18.1. The third kappa shape index (κ3) is 4.21. The van der Waals surface area contributed by atoms with Crippen LogP contribution in [-0.4, -0.2) is 21.0 Å². The lowest BCUT2D eigenvalue weighted by molar-refractivity contribution is 0.447. The molecular weight excluding hydrogens is 407 g/mol. The first-order valence-corrected chi connectivity index (χ1v) is 12.1. The first-order valence-electron chi connectivity index (χ1n) is 10.7. The van der Waals surface area contributed by atoms with Crippen LogP contribution in [0.1, 0.15) is 24.1 Å². The Labute approximate surface area is 184 Å². The number of H-pyrrole nitrogens is 1. The van der Waals surface area contributed by atoms with E-state index in [0.29, 0.717) is 16.7 Å². The van der Waals surface area contributed by atoms with Crippen LogP contribution in [0.4, 0.5) is 4.39 Å². The predicted octanol–water partition coefficient (Wildman–Crippen LogP) is 5.58. The smallest absolute Gasteiger partial charge is 0.123 e. The molecule has 1 aliphatic heterocycles. The molecule has 1 aromatic heterocycles. The Morgan fingerprint density at radius 2 is 1.77 bits per heavy atom. The molecule has 0 fully saturated rings. The second-order valence-electron chi connectivity index (χ2n) is 8.10. The number of fused-ring (bicyclic) bond motifs is 3. The van der Waals surface area contributed by atoms with Gasteiger partial charge in [-0.25, -0.2) is 4.39 Å². The Morgan fingerprint density at radius 1 is 0.968 bits per heavy atom. The summed E-state index contributed by atoms with van der Waals surface area (Å²) in [5.74, 6) is 0.304. The lowest BCUT2D eigenvalue weighted by Gasteiger charge is -2.24. The number of halogens is 1. The summed E-state index contributed by atoms with van der Waals surface area (Å²) in [6.07, 6.45) is 2.78. The van der Waals surface area contributed by atoms with Crippen molar-refractivity contribution >= 4 is 21.7 Å². The maximum Gasteiger partial charge on any atom is 0.123 e. The molecule has 1 aliphatic rings. The van der Waals surface area contributed by atoms with E-state index in [0.717, 1.165) is 25.8 Å². The predicted molar refractivity (Wildman–Crippen MR) is 125 cm³/mol. The molecule has 2 unspecified atom stereocenters. The van der Waals surface area contributed by atoms with Gasteiger partial charge in [-0.05, 0) is 59.9 Å². The number of hydrogen-bond donors (Lipinski definition) is 2. The molecule has 0 spiro atoms. The summed E-state index contributed by atoms with van der Waals surface area (Å²) in [5.41, 5.74) is 6.36. The van der Waals surface area contributed by atoms with E-state index in [1.807, 2.05) is 6.07 Å². The van der Waals surface area contributed by atoms with Gasteiger partial charge in [-0.2, -0.15) is 0 Å². The molecule has 0 bridgehead atoms. The van der Waals surface area contributed by atoms with E-state index < -0.39 is 10.8 Å². The van der Waals surface area contributed by atoms with Gasteiger partial charge in [-0.15, -0.1) is 0 Å². The largest absolute Gasteiger partial charge is 0.358 e. The van der Waals surface area contributed by atoms with Crippen LogP contribution in [-0.2, 0) is 23.8 Å². The lowest BCUT2D eigenvalue weighted by atomic mass is 9.94. The molecule has 0 saturated carbocycles. The minimum atomic E-state index is -1.08. The molecule has 4 aromatic rings. The monoisotopic (exact) mass is 432 g/mol. The molecule has 0 amide bonds. The maximum atomic E-state index is 13.1. The molecule has 0 radical (unpaired) electrons. The van der Waals surface area contributed by atoms with E-state index in [9.17, 15) is 8.60 Å². The van der Waals surface area contributed by atoms with Crippen LogP contribution in [0.3, 0.4) is 0 Å². The number of hydrogen-bond acceptors (Lipinski definition) is 2. The van der Waals surface area contributed by atoms with Gasteiger partial charge in [0.2, 0.25) is 0 Å². The van der Waals surface area contributed by atoms with E-state index in [2.05, 4.69) is 52.8 Å². The van der Waals surface area contributed by atoms with Gasteiger partial charge in [-0.3, -0.25) is 4.21 Å². The summed E-state index contributed by atoms with van der Waals surface area (Å²) < 4.78 is 25.5. The summed E-state index contributed by atoms with van der Waals surface area (Å²) in [6, 6.07) is 23.3. The van der Waals surface area contributed by atoms with Gasteiger partial charge in [0, 0.05) is 46.3 Å². The number of nitrogens with one attached hydrogen (secondary N) is 2. The highest BCUT2D eigenvalue weighted by molar-refractivity contribution is 7.85. The van der Waals surface area contributed by atoms with Gasteiger partial charge in [-0.1, -0.05) is 42.5 Å². The van der Waals surface area contributed by atoms with Crippen molar-refractivity contribution in [3.05, 3.63) is 89.9 Å². The number of rotatable bonds is 6. The van der Waals surface area contributed by atoms with Crippen molar-refractivity contribution in [1.82, 2.24) is 10.3 Å². The van der Waals surface area contributed by atoms with Crippen molar-refractivity contribution in [3.63, 3.8) is 0 Å². The average Bonchev–Trinajstić information content (AvgIpc) is 3.18. The Kier molecular flexibility index (Phi) is 5.70. The molecule has 3 nitrogen and oxygen atoms in total. The van der Waals surface area contributed by atoms with E-state index in [-0.39, 0.29) is 5.82 Å². The van der Waals surface area contributed by atoms with Crippen molar-refractivity contribution in [2.45, 2.75) is 36.7 Å². The van der Waals surface area contributed by atoms with Gasteiger partial charge in [0.05, 0.1) is 10.8 Å². The van der Waals surface area contributed by atoms with Crippen LogP contribution in [0.25, 0.3) is 22.0 Å². The van der Waals surface area contributed by atoms with E-state index in [4.69, 9.17) is 0 Å². The van der Waals surface area contributed by atoms with Gasteiger partial charge in [0.25, 0.3) is 0 Å². The SMILES string of the molecule is O=S(CCCC1Cc2[nH]c3cccc(-c4ccccc4)c3c2CN1)c1ccc(F)cc1. The van der Waals surface area contributed by atoms with Crippen LogP contribution in [0.2, 0.25) is 0 Å². The number of benzene rings is 3. The third-order valence-electron chi connectivity index (χ3n) is 6.08. The summed E-state index contributed by atoms with van der Waals surface area (Å²) in [6.45, 7) is 0.838. The number of aromatic nitrogens is 1. The van der Waals surface area contributed by atoms with Crippen molar-refractivity contribution in [3.8, 4) is 11.1 Å². The van der Waals surface area contributed by atoms with E-state index in [1.165, 1.54) is 45.4 Å². The van der Waals surface area contributed by atoms with Gasteiger partial charge >= 0.3 is 0 Å². The number of aromatic amines is 1. The van der Waals surface area contributed by atoms with Crippen LogP contribution in [0, 0.1) is 5.82 Å². The topological polar surface area (TPSA) is 44.9 Å². The minimum Gasteiger partial charge on any atom is -0.358 e. The fourth-order valence-corrected chi connectivity index (χ4v) is 5.64. The normalized spacial score (nSPS) is 16.9. The van der Waals surface area contributed by atoms with Crippen LogP contribution in [0.15, 0.2) is 77.7 Å². The van der Waals surface area contributed by atoms with Gasteiger partial charge < -0.3 is 10.3 Å². The molecule has 2 N–H and O–H groups in total. The molecule has 3 aromatic carbocycles. The Hall–Kier alpha value is -2.76. The van der Waals surface area contributed by atoms with E-state index in [1.54, 1.807) is 12.1 Å². The summed E-state index contributed by atoms with van der Waals surface area (Å²) in [7, 11) is -1.08. The molecule has 0 aliphatic carbocycles. The molecular formula is C26H25FN2OS. The molecule has 2 atom stereocenters. The fraction of sp³-hybridized carbons (Fsp3) is 0.231. The first kappa shape index (κ1) is 20.2. The molecule has 31 heavy (non-hydrogen) atoms. The molecule has 5 rings (SSSR count). The first-order chi connectivity index (χ1) is 15.2. The standard InChI is InChI=1S/C26H25FN2OS/c27-19-11-13-21(14-12-19)31(30)15-5-8-20-16-25-23(17-28-20)26-22(9-4-10-24(26)29-25)18-6-2-1-3-7-18/h1-4,6-7,9-14,20,28-29H,5,8,15-17H2. The minimum absolute atomic E-state index is 0.295. The average molecular weight is 433 g/mol. The zero-order chi connectivity index (χ0) is 21.2. The highest BCUT2D eigenvalue weighted by Crippen LogP contribution is 2.35. The zero-order valence-electron chi connectivity index (χ0n) is 17.2. The second-order valence-corrected chi connectivity index (χ2v) is 9.67. The third-order valence-corrected chi connectivity index (χ3v) is 7.54. The van der Waals surface area contributed by atoms with Crippen LogP contribution >= 0.6 is 0 Å². The van der Waals surface area contributed by atoms with Crippen molar-refractivity contribution in [2.75, 3.05) is 5.75 Å². The Morgan fingerprint density at radius 3 is 2.58 bits per heavy atom. The summed E-state index contributed by atoms with van der Waals surface area (Å²) >= 11 is 0. The second kappa shape index (κ2) is 8.77. The molecule has 2 heterocycles. The molecule has 158 valence electrons. The van der Waals surface area contributed by atoms with Gasteiger partial charge in [0.1, 0.15) is 5.82 Å².